The lowest BCUT2D eigenvalue weighted by Gasteiger charge is -2.11. The Morgan fingerprint density at radius 2 is 2.20 bits per heavy atom. The van der Waals surface area contributed by atoms with Gasteiger partial charge in [-0.05, 0) is 37.0 Å². The summed E-state index contributed by atoms with van der Waals surface area (Å²) < 4.78 is 19.1. The molecule has 0 saturated carbocycles. The standard InChI is InChI=1S/C19H22FN3O2/c20-18-6-2-1-4-14(18)7-8-22-16-10-15(11-21-12-16)19(24)23-13-17-5-3-9-25-17/h1-2,4,6,10-12,17,22H,3,5,7-9,13H2,(H,23,24). The average Bonchev–Trinajstić information content (AvgIpc) is 3.15. The molecule has 132 valence electrons. The van der Waals surface area contributed by atoms with E-state index in [2.05, 4.69) is 15.6 Å². The number of amides is 1. The summed E-state index contributed by atoms with van der Waals surface area (Å²) >= 11 is 0. The maximum Gasteiger partial charge on any atom is 0.253 e. The van der Waals surface area contributed by atoms with Gasteiger partial charge in [0.1, 0.15) is 5.82 Å². The minimum Gasteiger partial charge on any atom is -0.383 e. The molecule has 0 aliphatic carbocycles. The van der Waals surface area contributed by atoms with Gasteiger partial charge in [0.15, 0.2) is 0 Å². The van der Waals surface area contributed by atoms with Crippen molar-refractivity contribution in [3.05, 3.63) is 59.7 Å². The van der Waals surface area contributed by atoms with E-state index in [1.54, 1.807) is 24.4 Å². The molecule has 1 amide bonds. The summed E-state index contributed by atoms with van der Waals surface area (Å²) in [6, 6.07) is 8.47. The molecule has 25 heavy (non-hydrogen) atoms. The molecule has 2 aromatic rings. The van der Waals surface area contributed by atoms with E-state index >= 15 is 0 Å². The van der Waals surface area contributed by atoms with Crippen LogP contribution in [0.3, 0.4) is 0 Å². The van der Waals surface area contributed by atoms with Gasteiger partial charge in [0.2, 0.25) is 0 Å². The number of hydrogen-bond acceptors (Lipinski definition) is 4. The predicted molar refractivity (Wildman–Crippen MR) is 94.1 cm³/mol. The van der Waals surface area contributed by atoms with Gasteiger partial charge in [-0.3, -0.25) is 9.78 Å². The number of anilines is 1. The Bertz CT molecular complexity index is 717. The van der Waals surface area contributed by atoms with E-state index in [4.69, 9.17) is 4.74 Å². The highest BCUT2D eigenvalue weighted by Crippen LogP contribution is 2.12. The van der Waals surface area contributed by atoms with E-state index in [-0.39, 0.29) is 17.8 Å². The largest absolute Gasteiger partial charge is 0.383 e. The summed E-state index contributed by atoms with van der Waals surface area (Å²) in [6.07, 6.45) is 5.88. The van der Waals surface area contributed by atoms with Gasteiger partial charge in [0, 0.05) is 32.1 Å². The third-order valence-corrected chi connectivity index (χ3v) is 4.20. The van der Waals surface area contributed by atoms with Gasteiger partial charge in [0.05, 0.1) is 17.4 Å². The zero-order chi connectivity index (χ0) is 17.5. The monoisotopic (exact) mass is 343 g/mol. The highest BCUT2D eigenvalue weighted by Gasteiger charge is 2.16. The molecule has 1 aliphatic rings. The molecule has 1 fully saturated rings. The number of nitrogens with zero attached hydrogens (tertiary/aromatic N) is 1. The van der Waals surface area contributed by atoms with Gasteiger partial charge < -0.3 is 15.4 Å². The van der Waals surface area contributed by atoms with Crippen molar-refractivity contribution in [2.24, 2.45) is 0 Å². The van der Waals surface area contributed by atoms with Crippen LogP contribution in [0, 0.1) is 5.82 Å². The number of hydrogen-bond donors (Lipinski definition) is 2. The Balaban J connectivity index is 1.50. The zero-order valence-electron chi connectivity index (χ0n) is 14.0. The van der Waals surface area contributed by atoms with Crippen LogP contribution >= 0.6 is 0 Å². The maximum absolute atomic E-state index is 13.6. The Labute approximate surface area is 146 Å². The van der Waals surface area contributed by atoms with Crippen LogP contribution in [-0.4, -0.2) is 36.7 Å². The normalized spacial score (nSPS) is 16.6. The molecule has 3 rings (SSSR count). The first-order valence-corrected chi connectivity index (χ1v) is 8.54. The summed E-state index contributed by atoms with van der Waals surface area (Å²) in [5, 5.41) is 6.06. The number of ether oxygens (including phenoxy) is 1. The SMILES string of the molecule is O=C(NCC1CCCO1)c1cncc(NCCc2ccccc2F)c1. The summed E-state index contributed by atoms with van der Waals surface area (Å²) in [6.45, 7) is 1.84. The van der Waals surface area contributed by atoms with Crippen LogP contribution in [0.1, 0.15) is 28.8 Å². The molecule has 2 N–H and O–H groups in total. The van der Waals surface area contributed by atoms with Gasteiger partial charge in [0.25, 0.3) is 5.91 Å². The predicted octanol–water partition coefficient (Wildman–Crippen LogP) is 2.78. The molecule has 0 bridgehead atoms. The van der Waals surface area contributed by atoms with Crippen LogP contribution in [-0.2, 0) is 11.2 Å². The first-order valence-electron chi connectivity index (χ1n) is 8.54. The van der Waals surface area contributed by atoms with E-state index < -0.39 is 0 Å². The fourth-order valence-electron chi connectivity index (χ4n) is 2.82. The third kappa shape index (κ3) is 5.00. The van der Waals surface area contributed by atoms with E-state index in [1.807, 2.05) is 6.07 Å². The molecule has 2 heterocycles. The van der Waals surface area contributed by atoms with E-state index in [0.29, 0.717) is 30.6 Å². The second-order valence-electron chi connectivity index (χ2n) is 6.08. The fraction of sp³-hybridized carbons (Fsp3) is 0.368. The number of nitrogens with one attached hydrogen (secondary N) is 2. The van der Waals surface area contributed by atoms with Crippen LogP contribution in [0.2, 0.25) is 0 Å². The molecule has 0 radical (unpaired) electrons. The topological polar surface area (TPSA) is 63.2 Å². The molecule has 1 aromatic heterocycles. The van der Waals surface area contributed by atoms with Crippen LogP contribution < -0.4 is 10.6 Å². The van der Waals surface area contributed by atoms with E-state index in [1.165, 1.54) is 12.3 Å². The first kappa shape index (κ1) is 17.4. The minimum absolute atomic E-state index is 0.110. The molecule has 0 spiro atoms. The van der Waals surface area contributed by atoms with Crippen LogP contribution in [0.25, 0.3) is 0 Å². The van der Waals surface area contributed by atoms with Crippen molar-refractivity contribution < 1.29 is 13.9 Å². The second-order valence-corrected chi connectivity index (χ2v) is 6.08. The first-order chi connectivity index (χ1) is 12.2. The highest BCUT2D eigenvalue weighted by atomic mass is 19.1. The Hall–Kier alpha value is -2.47. The van der Waals surface area contributed by atoms with E-state index in [9.17, 15) is 9.18 Å². The molecule has 1 unspecified atom stereocenters. The van der Waals surface area contributed by atoms with Crippen molar-refractivity contribution in [3.8, 4) is 0 Å². The molecular weight excluding hydrogens is 321 g/mol. The number of carbonyl (C=O) groups excluding carboxylic acids is 1. The Morgan fingerprint density at radius 1 is 1.32 bits per heavy atom. The Morgan fingerprint density at radius 3 is 3.00 bits per heavy atom. The van der Waals surface area contributed by atoms with Crippen molar-refractivity contribution in [2.45, 2.75) is 25.4 Å². The molecule has 1 aromatic carbocycles. The maximum atomic E-state index is 13.6. The van der Waals surface area contributed by atoms with Gasteiger partial charge in [-0.1, -0.05) is 18.2 Å². The van der Waals surface area contributed by atoms with Crippen molar-refractivity contribution >= 4 is 11.6 Å². The molecule has 1 atom stereocenters. The van der Waals surface area contributed by atoms with Crippen molar-refractivity contribution in [3.63, 3.8) is 0 Å². The van der Waals surface area contributed by atoms with Gasteiger partial charge >= 0.3 is 0 Å². The molecular formula is C19H22FN3O2. The van der Waals surface area contributed by atoms with E-state index in [0.717, 1.165) is 25.1 Å². The lowest BCUT2D eigenvalue weighted by atomic mass is 10.1. The molecule has 6 heteroatoms. The number of carbonyl (C=O) groups is 1. The number of pyridine rings is 1. The van der Waals surface area contributed by atoms with Crippen LogP contribution in [0.15, 0.2) is 42.7 Å². The van der Waals surface area contributed by atoms with Crippen molar-refractivity contribution in [1.82, 2.24) is 10.3 Å². The van der Waals surface area contributed by atoms with Crippen molar-refractivity contribution in [2.75, 3.05) is 25.0 Å². The fourth-order valence-corrected chi connectivity index (χ4v) is 2.82. The highest BCUT2D eigenvalue weighted by molar-refractivity contribution is 5.94. The molecule has 1 aliphatic heterocycles. The van der Waals surface area contributed by atoms with Gasteiger partial charge in [-0.25, -0.2) is 4.39 Å². The third-order valence-electron chi connectivity index (χ3n) is 4.20. The van der Waals surface area contributed by atoms with Gasteiger partial charge in [-0.2, -0.15) is 0 Å². The zero-order valence-corrected chi connectivity index (χ0v) is 14.0. The number of aromatic nitrogens is 1. The minimum atomic E-state index is -0.204. The van der Waals surface area contributed by atoms with Crippen LogP contribution in [0.4, 0.5) is 10.1 Å². The summed E-state index contributed by atoms with van der Waals surface area (Å²) in [5.74, 6) is -0.370. The van der Waals surface area contributed by atoms with Crippen LogP contribution in [0.5, 0.6) is 0 Å². The summed E-state index contributed by atoms with van der Waals surface area (Å²) in [7, 11) is 0. The molecule has 1 saturated heterocycles. The number of benzene rings is 1. The quantitative estimate of drug-likeness (QED) is 0.811. The lowest BCUT2D eigenvalue weighted by molar-refractivity contribution is 0.0857. The second kappa shape index (κ2) is 8.58. The smallest absolute Gasteiger partial charge is 0.253 e. The number of halogens is 1. The van der Waals surface area contributed by atoms with Gasteiger partial charge in [-0.15, -0.1) is 0 Å². The summed E-state index contributed by atoms with van der Waals surface area (Å²) in [4.78, 5) is 16.3. The Kier molecular flexibility index (Phi) is 5.95. The average molecular weight is 343 g/mol. The number of rotatable bonds is 7. The van der Waals surface area contributed by atoms with Crippen molar-refractivity contribution in [1.29, 1.82) is 0 Å². The summed E-state index contributed by atoms with van der Waals surface area (Å²) in [5.41, 5.74) is 1.89. The lowest BCUT2D eigenvalue weighted by Crippen LogP contribution is -2.31. The molecule has 5 nitrogen and oxygen atoms in total.